The molecule has 1 aromatic heterocycles. The van der Waals surface area contributed by atoms with E-state index < -0.39 is 6.10 Å². The Hall–Kier alpha value is -2.33. The van der Waals surface area contributed by atoms with Gasteiger partial charge in [-0.05, 0) is 30.7 Å². The van der Waals surface area contributed by atoms with Crippen molar-refractivity contribution in [3.05, 3.63) is 59.8 Å². The molecule has 0 aliphatic heterocycles. The van der Waals surface area contributed by atoms with E-state index in [1.54, 1.807) is 6.92 Å². The number of aliphatic hydroxyl groups excluding tert-OH is 1. The Morgan fingerprint density at radius 3 is 2.81 bits per heavy atom. The quantitative estimate of drug-likeness (QED) is 0.799. The third kappa shape index (κ3) is 2.76. The molecule has 0 saturated heterocycles. The van der Waals surface area contributed by atoms with Crippen LogP contribution in [0.25, 0.3) is 10.9 Å². The van der Waals surface area contributed by atoms with E-state index in [9.17, 15) is 5.11 Å². The zero-order chi connectivity index (χ0) is 14.8. The van der Waals surface area contributed by atoms with E-state index >= 15 is 0 Å². The lowest BCUT2D eigenvalue weighted by molar-refractivity contribution is 0.198. The highest BCUT2D eigenvalue weighted by Gasteiger charge is 2.09. The highest BCUT2D eigenvalue weighted by Crippen LogP contribution is 2.22. The van der Waals surface area contributed by atoms with Crippen LogP contribution in [-0.2, 0) is 13.7 Å². The fourth-order valence-electron chi connectivity index (χ4n) is 2.41. The number of hydrogen-bond acceptors (Lipinski definition) is 3. The number of aryl methyl sites for hydroxylation is 1. The van der Waals surface area contributed by atoms with Gasteiger partial charge in [-0.25, -0.2) is 0 Å². The Morgan fingerprint density at radius 1 is 1.19 bits per heavy atom. The molecular weight excluding hydrogens is 264 g/mol. The summed E-state index contributed by atoms with van der Waals surface area (Å²) >= 11 is 0. The van der Waals surface area contributed by atoms with Crippen LogP contribution in [0.3, 0.4) is 0 Å². The largest absolute Gasteiger partial charge is 0.487 e. The smallest absolute Gasteiger partial charge is 0.133 e. The molecule has 1 heterocycles. The Morgan fingerprint density at radius 2 is 2.00 bits per heavy atom. The third-order valence-electron chi connectivity index (χ3n) is 3.55. The van der Waals surface area contributed by atoms with Crippen molar-refractivity contribution in [2.24, 2.45) is 7.05 Å². The van der Waals surface area contributed by atoms with E-state index in [4.69, 9.17) is 4.74 Å². The van der Waals surface area contributed by atoms with Gasteiger partial charge in [0.05, 0.1) is 11.6 Å². The number of hydrogen-bond donors (Lipinski definition) is 1. The zero-order valence-electron chi connectivity index (χ0n) is 12.2. The molecule has 0 spiro atoms. The van der Waals surface area contributed by atoms with Gasteiger partial charge < -0.3 is 9.84 Å². The molecule has 4 heteroatoms. The second kappa shape index (κ2) is 5.58. The number of fused-ring (bicyclic) bond motifs is 1. The monoisotopic (exact) mass is 282 g/mol. The van der Waals surface area contributed by atoms with Crippen molar-refractivity contribution in [2.45, 2.75) is 19.6 Å². The standard InChI is InChI=1S/C17H18N2O2/c1-12(20)13-6-5-7-14(10-13)21-11-16-15-8-3-4-9-17(15)19(2)18-16/h3-10,12,20H,11H2,1-2H3/t12-/m0/s1. The number of rotatable bonds is 4. The van der Waals surface area contributed by atoms with Crippen molar-refractivity contribution in [3.8, 4) is 5.75 Å². The van der Waals surface area contributed by atoms with Crippen molar-refractivity contribution in [2.75, 3.05) is 0 Å². The molecule has 3 rings (SSSR count). The summed E-state index contributed by atoms with van der Waals surface area (Å²) < 4.78 is 7.68. The summed E-state index contributed by atoms with van der Waals surface area (Å²) in [6.07, 6.45) is -0.496. The van der Waals surface area contributed by atoms with Gasteiger partial charge >= 0.3 is 0 Å². The zero-order valence-corrected chi connectivity index (χ0v) is 12.2. The average molecular weight is 282 g/mol. The Bertz CT molecular complexity index is 762. The highest BCUT2D eigenvalue weighted by atomic mass is 16.5. The number of benzene rings is 2. The lowest BCUT2D eigenvalue weighted by Gasteiger charge is -2.08. The molecular formula is C17H18N2O2. The van der Waals surface area contributed by atoms with Crippen molar-refractivity contribution in [1.82, 2.24) is 9.78 Å². The first kappa shape index (κ1) is 13.6. The van der Waals surface area contributed by atoms with Crippen LogP contribution < -0.4 is 4.74 Å². The van der Waals surface area contributed by atoms with Gasteiger partial charge in [0.25, 0.3) is 0 Å². The Labute approximate surface area is 123 Å². The van der Waals surface area contributed by atoms with Gasteiger partial charge in [0.1, 0.15) is 18.1 Å². The average Bonchev–Trinajstić information content (AvgIpc) is 2.82. The predicted octanol–water partition coefficient (Wildman–Crippen LogP) is 3.21. The van der Waals surface area contributed by atoms with Crippen LogP contribution in [0.5, 0.6) is 5.75 Å². The van der Waals surface area contributed by atoms with Crippen LogP contribution in [0, 0.1) is 0 Å². The first-order chi connectivity index (χ1) is 10.1. The molecule has 4 nitrogen and oxygen atoms in total. The molecule has 3 aromatic rings. The maximum atomic E-state index is 9.61. The molecule has 2 aromatic carbocycles. The van der Waals surface area contributed by atoms with Gasteiger partial charge in [-0.3, -0.25) is 4.68 Å². The summed E-state index contributed by atoms with van der Waals surface area (Å²) in [5.41, 5.74) is 2.85. The van der Waals surface area contributed by atoms with Crippen LogP contribution >= 0.6 is 0 Å². The number of nitrogens with zero attached hydrogens (tertiary/aromatic N) is 2. The molecule has 0 bridgehead atoms. The fraction of sp³-hybridized carbons (Fsp3) is 0.235. The van der Waals surface area contributed by atoms with E-state index in [1.807, 2.05) is 60.3 Å². The van der Waals surface area contributed by atoms with Gasteiger partial charge in [0.15, 0.2) is 0 Å². The maximum Gasteiger partial charge on any atom is 0.133 e. The molecule has 108 valence electrons. The summed E-state index contributed by atoms with van der Waals surface area (Å²) in [6, 6.07) is 15.6. The summed E-state index contributed by atoms with van der Waals surface area (Å²) in [5, 5.41) is 15.2. The molecule has 21 heavy (non-hydrogen) atoms. The van der Waals surface area contributed by atoms with Gasteiger partial charge in [0.2, 0.25) is 0 Å². The summed E-state index contributed by atoms with van der Waals surface area (Å²) in [4.78, 5) is 0. The van der Waals surface area contributed by atoms with Crippen LogP contribution in [0.15, 0.2) is 48.5 Å². The first-order valence-electron chi connectivity index (χ1n) is 6.96. The second-order valence-corrected chi connectivity index (χ2v) is 5.12. The van der Waals surface area contributed by atoms with E-state index in [2.05, 4.69) is 5.10 Å². The number of aliphatic hydroxyl groups is 1. The van der Waals surface area contributed by atoms with Crippen LogP contribution in [0.4, 0.5) is 0 Å². The number of para-hydroxylation sites is 1. The minimum absolute atomic E-state index is 0.407. The van der Waals surface area contributed by atoms with E-state index in [-0.39, 0.29) is 0 Å². The van der Waals surface area contributed by atoms with E-state index in [0.717, 1.165) is 27.9 Å². The summed E-state index contributed by atoms with van der Waals surface area (Å²) in [5.74, 6) is 0.739. The lowest BCUT2D eigenvalue weighted by Crippen LogP contribution is -1.99. The van der Waals surface area contributed by atoms with Crippen LogP contribution in [0.2, 0.25) is 0 Å². The fourth-order valence-corrected chi connectivity index (χ4v) is 2.41. The second-order valence-electron chi connectivity index (χ2n) is 5.12. The van der Waals surface area contributed by atoms with E-state index in [0.29, 0.717) is 6.61 Å². The minimum Gasteiger partial charge on any atom is -0.487 e. The third-order valence-corrected chi connectivity index (χ3v) is 3.55. The molecule has 0 fully saturated rings. The van der Waals surface area contributed by atoms with Crippen molar-refractivity contribution >= 4 is 10.9 Å². The van der Waals surface area contributed by atoms with Crippen LogP contribution in [0.1, 0.15) is 24.3 Å². The molecule has 1 atom stereocenters. The SMILES string of the molecule is C[C@H](O)c1cccc(OCc2nn(C)c3ccccc23)c1. The molecule has 0 amide bonds. The topological polar surface area (TPSA) is 47.3 Å². The van der Waals surface area contributed by atoms with Gasteiger partial charge in [-0.1, -0.05) is 30.3 Å². The van der Waals surface area contributed by atoms with Crippen molar-refractivity contribution in [3.63, 3.8) is 0 Å². The molecule has 0 radical (unpaired) electrons. The normalized spacial score (nSPS) is 12.5. The predicted molar refractivity (Wildman–Crippen MR) is 82.1 cm³/mol. The highest BCUT2D eigenvalue weighted by molar-refractivity contribution is 5.81. The van der Waals surface area contributed by atoms with Crippen molar-refractivity contribution < 1.29 is 9.84 Å². The van der Waals surface area contributed by atoms with E-state index in [1.165, 1.54) is 0 Å². The Kier molecular flexibility index (Phi) is 3.62. The minimum atomic E-state index is -0.496. The van der Waals surface area contributed by atoms with Gasteiger partial charge in [-0.2, -0.15) is 5.10 Å². The maximum absolute atomic E-state index is 9.61. The molecule has 0 aliphatic carbocycles. The van der Waals surface area contributed by atoms with Gasteiger partial charge in [0, 0.05) is 12.4 Å². The molecule has 0 saturated carbocycles. The lowest BCUT2D eigenvalue weighted by atomic mass is 10.1. The summed E-state index contributed by atoms with van der Waals surface area (Å²) in [6.45, 7) is 2.15. The molecule has 0 aliphatic rings. The summed E-state index contributed by atoms with van der Waals surface area (Å²) in [7, 11) is 1.93. The van der Waals surface area contributed by atoms with Crippen molar-refractivity contribution in [1.29, 1.82) is 0 Å². The molecule has 0 unspecified atom stereocenters. The Balaban J connectivity index is 1.82. The van der Waals surface area contributed by atoms with Gasteiger partial charge in [-0.15, -0.1) is 0 Å². The number of aromatic nitrogens is 2. The van der Waals surface area contributed by atoms with Crippen LogP contribution in [-0.4, -0.2) is 14.9 Å². The molecule has 1 N–H and O–H groups in total. The first-order valence-corrected chi connectivity index (χ1v) is 6.96. The number of ether oxygens (including phenoxy) is 1.